The van der Waals surface area contributed by atoms with Crippen molar-refractivity contribution >= 4 is 12.0 Å². The van der Waals surface area contributed by atoms with E-state index < -0.39 is 5.97 Å². The number of nitrogens with one attached hydrogen (secondary N) is 1. The first-order valence-electron chi connectivity index (χ1n) is 7.94. The molecule has 0 spiro atoms. The Hall–Kier alpha value is -1.30. The summed E-state index contributed by atoms with van der Waals surface area (Å²) >= 11 is 0. The number of likely N-dealkylation sites (tertiary alicyclic amines) is 1. The minimum absolute atomic E-state index is 0.0103. The van der Waals surface area contributed by atoms with Gasteiger partial charge in [-0.3, -0.25) is 9.69 Å². The number of hydrogen-bond donors (Lipinski definition) is 2. The number of likely N-dealkylation sites (N-methyl/N-ethyl adjacent to an activating group) is 1. The Morgan fingerprint density at radius 1 is 1.38 bits per heavy atom. The van der Waals surface area contributed by atoms with Crippen molar-refractivity contribution in [2.75, 3.05) is 26.7 Å². The molecule has 2 atom stereocenters. The number of carboxylic acids is 1. The second-order valence-corrected chi connectivity index (χ2v) is 6.46. The molecule has 2 fully saturated rings. The van der Waals surface area contributed by atoms with E-state index in [1.54, 1.807) is 0 Å². The highest BCUT2D eigenvalue weighted by Crippen LogP contribution is 2.26. The Kier molecular flexibility index (Phi) is 5.45. The van der Waals surface area contributed by atoms with E-state index in [4.69, 9.17) is 5.11 Å². The van der Waals surface area contributed by atoms with Crippen LogP contribution in [-0.2, 0) is 4.79 Å². The summed E-state index contributed by atoms with van der Waals surface area (Å²) in [5.74, 6) is -0.423. The third-order valence-electron chi connectivity index (χ3n) is 4.71. The maximum atomic E-state index is 12.1. The Balaban J connectivity index is 1.65. The topological polar surface area (TPSA) is 72.9 Å². The maximum Gasteiger partial charge on any atom is 0.317 e. The van der Waals surface area contributed by atoms with E-state index in [0.717, 1.165) is 13.0 Å². The molecule has 120 valence electrons. The molecule has 2 unspecified atom stereocenters. The monoisotopic (exact) mass is 297 g/mol. The molecule has 0 bridgehead atoms. The van der Waals surface area contributed by atoms with E-state index in [2.05, 4.69) is 24.2 Å². The third-order valence-corrected chi connectivity index (χ3v) is 4.71. The first-order chi connectivity index (χ1) is 9.97. The molecule has 1 saturated heterocycles. The highest BCUT2D eigenvalue weighted by molar-refractivity contribution is 5.74. The van der Waals surface area contributed by atoms with Gasteiger partial charge in [0, 0.05) is 38.1 Å². The number of carbonyl (C=O) groups excluding carboxylic acids is 1. The molecule has 0 aromatic rings. The van der Waals surface area contributed by atoms with E-state index in [-0.39, 0.29) is 12.5 Å². The minimum atomic E-state index is -0.755. The molecule has 1 heterocycles. The highest BCUT2D eigenvalue weighted by Gasteiger charge is 2.30. The summed E-state index contributed by atoms with van der Waals surface area (Å²) in [6.07, 6.45) is 4.32. The van der Waals surface area contributed by atoms with Crippen molar-refractivity contribution in [3.05, 3.63) is 0 Å². The zero-order chi connectivity index (χ0) is 15.4. The van der Waals surface area contributed by atoms with Crippen LogP contribution in [0, 0.1) is 5.92 Å². The van der Waals surface area contributed by atoms with Crippen molar-refractivity contribution in [2.24, 2.45) is 5.92 Å². The quantitative estimate of drug-likeness (QED) is 0.744. The zero-order valence-electron chi connectivity index (χ0n) is 13.0. The maximum absolute atomic E-state index is 12.1. The van der Waals surface area contributed by atoms with Gasteiger partial charge in [-0.15, -0.1) is 0 Å². The standard InChI is InChI=1S/C15H27N3O3/c1-11(17(2)13-4-5-13)9-16-15(21)18-8-7-12(10-18)3-6-14(19)20/h11-13H,3-10H2,1-2H3,(H,16,21)(H,19,20). The number of carbonyl (C=O) groups is 2. The van der Waals surface area contributed by atoms with Crippen molar-refractivity contribution in [2.45, 2.75) is 51.1 Å². The summed E-state index contributed by atoms with van der Waals surface area (Å²) in [6, 6.07) is 1.04. The lowest BCUT2D eigenvalue weighted by molar-refractivity contribution is -0.137. The number of amides is 2. The van der Waals surface area contributed by atoms with Gasteiger partial charge in [0.1, 0.15) is 0 Å². The normalized spacial score (nSPS) is 23.4. The fourth-order valence-electron chi connectivity index (χ4n) is 2.91. The molecule has 0 aromatic heterocycles. The summed E-state index contributed by atoms with van der Waals surface area (Å²) in [5, 5.41) is 11.7. The summed E-state index contributed by atoms with van der Waals surface area (Å²) in [4.78, 5) is 26.8. The highest BCUT2D eigenvalue weighted by atomic mass is 16.4. The molecule has 2 rings (SSSR count). The SMILES string of the molecule is CC(CNC(=O)N1CCC(CCC(=O)O)C1)N(C)C1CC1. The number of nitrogens with zero attached hydrogens (tertiary/aromatic N) is 2. The van der Waals surface area contributed by atoms with Crippen LogP contribution in [0.15, 0.2) is 0 Å². The molecule has 21 heavy (non-hydrogen) atoms. The molecule has 2 N–H and O–H groups in total. The molecule has 0 radical (unpaired) electrons. The van der Waals surface area contributed by atoms with Crippen LogP contribution in [0.25, 0.3) is 0 Å². The van der Waals surface area contributed by atoms with Gasteiger partial charge in [-0.2, -0.15) is 0 Å². The second-order valence-electron chi connectivity index (χ2n) is 6.46. The molecule has 6 heteroatoms. The van der Waals surface area contributed by atoms with Crippen molar-refractivity contribution < 1.29 is 14.7 Å². The van der Waals surface area contributed by atoms with Gasteiger partial charge in [-0.1, -0.05) is 0 Å². The summed E-state index contributed by atoms with van der Waals surface area (Å²) in [6.45, 7) is 4.23. The van der Waals surface area contributed by atoms with Crippen molar-refractivity contribution in [3.63, 3.8) is 0 Å². The molecular formula is C15H27N3O3. The Morgan fingerprint density at radius 2 is 2.10 bits per heavy atom. The Morgan fingerprint density at radius 3 is 2.71 bits per heavy atom. The molecule has 1 aliphatic carbocycles. The van der Waals surface area contributed by atoms with Gasteiger partial charge >= 0.3 is 12.0 Å². The average Bonchev–Trinajstić information content (AvgIpc) is 3.19. The largest absolute Gasteiger partial charge is 0.481 e. The summed E-state index contributed by atoms with van der Waals surface area (Å²) in [5.41, 5.74) is 0. The van der Waals surface area contributed by atoms with E-state index in [0.29, 0.717) is 37.5 Å². The number of urea groups is 1. The van der Waals surface area contributed by atoms with Gasteiger partial charge in [0.2, 0.25) is 0 Å². The smallest absolute Gasteiger partial charge is 0.317 e. The molecule has 0 aromatic carbocycles. The van der Waals surface area contributed by atoms with Gasteiger partial charge in [0.15, 0.2) is 0 Å². The van der Waals surface area contributed by atoms with Gasteiger partial charge < -0.3 is 15.3 Å². The minimum Gasteiger partial charge on any atom is -0.481 e. The molecule has 2 amide bonds. The van der Waals surface area contributed by atoms with Crippen molar-refractivity contribution in [3.8, 4) is 0 Å². The van der Waals surface area contributed by atoms with Crippen molar-refractivity contribution in [1.29, 1.82) is 0 Å². The molecule has 1 aliphatic heterocycles. The van der Waals surface area contributed by atoms with Crippen LogP contribution in [0.1, 0.15) is 39.0 Å². The number of carboxylic acid groups (broad SMARTS) is 1. The lowest BCUT2D eigenvalue weighted by Gasteiger charge is -2.26. The van der Waals surface area contributed by atoms with Crippen molar-refractivity contribution in [1.82, 2.24) is 15.1 Å². The van der Waals surface area contributed by atoms with E-state index >= 15 is 0 Å². The van der Waals surface area contributed by atoms with E-state index in [1.165, 1.54) is 12.8 Å². The van der Waals surface area contributed by atoms with Crippen LogP contribution in [0.2, 0.25) is 0 Å². The third kappa shape index (κ3) is 4.88. The lowest BCUT2D eigenvalue weighted by Crippen LogP contribution is -2.45. The summed E-state index contributed by atoms with van der Waals surface area (Å²) < 4.78 is 0. The fraction of sp³-hybridized carbons (Fsp3) is 0.867. The predicted molar refractivity (Wildman–Crippen MR) is 80.2 cm³/mol. The van der Waals surface area contributed by atoms with Crippen LogP contribution in [0.4, 0.5) is 4.79 Å². The van der Waals surface area contributed by atoms with Crippen LogP contribution < -0.4 is 5.32 Å². The molecule has 6 nitrogen and oxygen atoms in total. The van der Waals surface area contributed by atoms with Crippen LogP contribution in [-0.4, -0.2) is 65.7 Å². The first kappa shape index (κ1) is 16.1. The number of rotatable bonds is 7. The molecular weight excluding hydrogens is 270 g/mol. The molecule has 2 aliphatic rings. The van der Waals surface area contributed by atoms with Gasteiger partial charge in [-0.05, 0) is 45.6 Å². The Labute approximate surface area is 126 Å². The fourth-order valence-corrected chi connectivity index (χ4v) is 2.91. The average molecular weight is 297 g/mol. The van der Waals surface area contributed by atoms with Crippen LogP contribution in [0.3, 0.4) is 0 Å². The molecule has 1 saturated carbocycles. The first-order valence-corrected chi connectivity index (χ1v) is 7.94. The second kappa shape index (κ2) is 7.11. The zero-order valence-corrected chi connectivity index (χ0v) is 13.0. The Bertz CT molecular complexity index is 384. The predicted octanol–water partition coefficient (Wildman–Crippen LogP) is 1.37. The number of aliphatic carboxylic acids is 1. The van der Waals surface area contributed by atoms with E-state index in [9.17, 15) is 9.59 Å². The van der Waals surface area contributed by atoms with E-state index in [1.807, 2.05) is 4.90 Å². The van der Waals surface area contributed by atoms with Gasteiger partial charge in [-0.25, -0.2) is 4.79 Å². The lowest BCUT2D eigenvalue weighted by atomic mass is 10.0. The van der Waals surface area contributed by atoms with Crippen LogP contribution >= 0.6 is 0 Å². The number of hydrogen-bond acceptors (Lipinski definition) is 3. The van der Waals surface area contributed by atoms with Gasteiger partial charge in [0.05, 0.1) is 0 Å². The van der Waals surface area contributed by atoms with Gasteiger partial charge in [0.25, 0.3) is 0 Å². The van der Waals surface area contributed by atoms with Crippen LogP contribution in [0.5, 0.6) is 0 Å². The summed E-state index contributed by atoms with van der Waals surface area (Å²) in [7, 11) is 2.12.